The number of hydrogen-bond donors (Lipinski definition) is 2. The van der Waals surface area contributed by atoms with Crippen LogP contribution in [0.25, 0.3) is 0 Å². The normalized spacial score (nSPS) is 19.9. The molecule has 1 rings (SSSR count). The largest absolute Gasteiger partial charge is 0.352 e. The Balaban J connectivity index is 2.57. The first-order chi connectivity index (χ1) is 9.57. The maximum atomic E-state index is 12.7. The Morgan fingerprint density at radius 3 is 2.35 bits per heavy atom. The van der Waals surface area contributed by atoms with Crippen molar-refractivity contribution in [3.63, 3.8) is 0 Å². The van der Waals surface area contributed by atoms with E-state index in [0.717, 1.165) is 58.4 Å². The quantitative estimate of drug-likeness (QED) is 0.716. The molecule has 1 atom stereocenters. The zero-order valence-electron chi connectivity index (χ0n) is 13.8. The average molecular weight is 283 g/mol. The average Bonchev–Trinajstić information content (AvgIpc) is 2.46. The van der Waals surface area contributed by atoms with Crippen molar-refractivity contribution in [3.05, 3.63) is 0 Å². The third-order valence-electron chi connectivity index (χ3n) is 4.57. The summed E-state index contributed by atoms with van der Waals surface area (Å²) in [6.45, 7) is 13.6. The van der Waals surface area contributed by atoms with Crippen LogP contribution in [0.2, 0.25) is 0 Å². The molecule has 1 heterocycles. The van der Waals surface area contributed by atoms with Gasteiger partial charge in [-0.3, -0.25) is 4.79 Å². The molecule has 0 spiro atoms. The number of rotatable bonds is 8. The van der Waals surface area contributed by atoms with E-state index < -0.39 is 0 Å². The zero-order chi connectivity index (χ0) is 15.0. The molecule has 4 nitrogen and oxygen atoms in total. The molecule has 0 aromatic carbocycles. The topological polar surface area (TPSA) is 44.4 Å². The lowest BCUT2D eigenvalue weighted by Crippen LogP contribution is -2.51. The van der Waals surface area contributed by atoms with Crippen molar-refractivity contribution in [1.29, 1.82) is 0 Å². The highest BCUT2D eigenvalue weighted by Crippen LogP contribution is 2.34. The van der Waals surface area contributed by atoms with Gasteiger partial charge in [0.25, 0.3) is 0 Å². The summed E-state index contributed by atoms with van der Waals surface area (Å²) < 4.78 is 0. The predicted molar refractivity (Wildman–Crippen MR) is 84.8 cm³/mol. The standard InChI is InChI=1S/C16H33N3O/c1-5-8-16(9-11-17-12-10-16)15(20)18-14(4)13-19(6-2)7-3/h14,17H,5-13H2,1-4H3,(H,18,20). The van der Waals surface area contributed by atoms with Crippen molar-refractivity contribution in [2.45, 2.75) is 59.4 Å². The number of carbonyl (C=O) groups is 1. The summed E-state index contributed by atoms with van der Waals surface area (Å²) in [5.41, 5.74) is -0.127. The third kappa shape index (κ3) is 4.74. The molecule has 0 radical (unpaired) electrons. The minimum Gasteiger partial charge on any atom is -0.352 e. The molecule has 20 heavy (non-hydrogen) atoms. The van der Waals surface area contributed by atoms with Crippen LogP contribution in [0.15, 0.2) is 0 Å². The van der Waals surface area contributed by atoms with E-state index in [1.54, 1.807) is 0 Å². The number of nitrogens with one attached hydrogen (secondary N) is 2. The number of nitrogens with zero attached hydrogens (tertiary/aromatic N) is 1. The van der Waals surface area contributed by atoms with Crippen molar-refractivity contribution in [2.75, 3.05) is 32.7 Å². The van der Waals surface area contributed by atoms with Gasteiger partial charge in [-0.05, 0) is 52.4 Å². The van der Waals surface area contributed by atoms with Gasteiger partial charge in [0, 0.05) is 12.6 Å². The van der Waals surface area contributed by atoms with E-state index >= 15 is 0 Å². The number of carbonyl (C=O) groups excluding carboxylic acids is 1. The van der Waals surface area contributed by atoms with Crippen LogP contribution >= 0.6 is 0 Å². The lowest BCUT2D eigenvalue weighted by Gasteiger charge is -2.37. The Hall–Kier alpha value is -0.610. The minimum absolute atomic E-state index is 0.127. The summed E-state index contributed by atoms with van der Waals surface area (Å²) in [6, 6.07) is 0.228. The Morgan fingerprint density at radius 2 is 1.85 bits per heavy atom. The highest BCUT2D eigenvalue weighted by atomic mass is 16.2. The van der Waals surface area contributed by atoms with Gasteiger partial charge >= 0.3 is 0 Å². The smallest absolute Gasteiger partial charge is 0.226 e. The van der Waals surface area contributed by atoms with Crippen LogP contribution in [0.5, 0.6) is 0 Å². The molecular weight excluding hydrogens is 250 g/mol. The molecule has 0 saturated carbocycles. The molecular formula is C16H33N3O. The molecule has 1 aliphatic rings. The summed E-state index contributed by atoms with van der Waals surface area (Å²) in [7, 11) is 0. The number of hydrogen-bond acceptors (Lipinski definition) is 3. The van der Waals surface area contributed by atoms with E-state index in [1.807, 2.05) is 0 Å². The second-order valence-corrected chi connectivity index (χ2v) is 6.14. The summed E-state index contributed by atoms with van der Waals surface area (Å²) in [4.78, 5) is 15.1. The molecule has 2 N–H and O–H groups in total. The maximum Gasteiger partial charge on any atom is 0.226 e. The lowest BCUT2D eigenvalue weighted by atomic mass is 9.74. The van der Waals surface area contributed by atoms with Crippen LogP contribution < -0.4 is 10.6 Å². The Morgan fingerprint density at radius 1 is 1.25 bits per heavy atom. The third-order valence-corrected chi connectivity index (χ3v) is 4.57. The van der Waals surface area contributed by atoms with Gasteiger partial charge in [0.1, 0.15) is 0 Å². The fraction of sp³-hybridized carbons (Fsp3) is 0.938. The second kappa shape index (κ2) is 8.63. The van der Waals surface area contributed by atoms with Crippen molar-refractivity contribution in [1.82, 2.24) is 15.5 Å². The molecule has 1 unspecified atom stereocenters. The molecule has 4 heteroatoms. The molecule has 118 valence electrons. The monoisotopic (exact) mass is 283 g/mol. The molecule has 1 aliphatic heterocycles. The summed E-state index contributed by atoms with van der Waals surface area (Å²) in [5.74, 6) is 0.278. The molecule has 0 bridgehead atoms. The van der Waals surface area contributed by atoms with E-state index in [1.165, 1.54) is 0 Å². The molecule has 0 aliphatic carbocycles. The molecule has 1 fully saturated rings. The van der Waals surface area contributed by atoms with Crippen molar-refractivity contribution < 1.29 is 4.79 Å². The lowest BCUT2D eigenvalue weighted by molar-refractivity contribution is -0.134. The highest BCUT2D eigenvalue weighted by molar-refractivity contribution is 5.83. The maximum absolute atomic E-state index is 12.7. The van der Waals surface area contributed by atoms with E-state index in [-0.39, 0.29) is 17.4 Å². The van der Waals surface area contributed by atoms with Crippen LogP contribution in [-0.2, 0) is 4.79 Å². The van der Waals surface area contributed by atoms with Gasteiger partial charge < -0.3 is 15.5 Å². The van der Waals surface area contributed by atoms with Gasteiger partial charge in [0.15, 0.2) is 0 Å². The van der Waals surface area contributed by atoms with Crippen LogP contribution in [-0.4, -0.2) is 49.6 Å². The minimum atomic E-state index is -0.127. The summed E-state index contributed by atoms with van der Waals surface area (Å²) in [6.07, 6.45) is 4.05. The number of amides is 1. The van der Waals surface area contributed by atoms with Gasteiger partial charge in [0.2, 0.25) is 5.91 Å². The first-order valence-corrected chi connectivity index (χ1v) is 8.32. The van der Waals surface area contributed by atoms with Crippen molar-refractivity contribution in [3.8, 4) is 0 Å². The van der Waals surface area contributed by atoms with Crippen molar-refractivity contribution >= 4 is 5.91 Å². The van der Waals surface area contributed by atoms with Crippen LogP contribution in [0, 0.1) is 5.41 Å². The van der Waals surface area contributed by atoms with Crippen LogP contribution in [0.1, 0.15) is 53.4 Å². The summed E-state index contributed by atoms with van der Waals surface area (Å²) in [5, 5.41) is 6.63. The fourth-order valence-electron chi connectivity index (χ4n) is 3.27. The highest BCUT2D eigenvalue weighted by Gasteiger charge is 2.38. The molecule has 0 aromatic heterocycles. The SMILES string of the molecule is CCCC1(C(=O)NC(C)CN(CC)CC)CCNCC1. The summed E-state index contributed by atoms with van der Waals surface area (Å²) >= 11 is 0. The Bertz CT molecular complexity index is 278. The zero-order valence-corrected chi connectivity index (χ0v) is 13.8. The molecule has 1 saturated heterocycles. The Labute approximate surface area is 124 Å². The van der Waals surface area contributed by atoms with E-state index in [2.05, 4.69) is 43.2 Å². The van der Waals surface area contributed by atoms with Gasteiger partial charge in [-0.2, -0.15) is 0 Å². The van der Waals surface area contributed by atoms with Crippen molar-refractivity contribution in [2.24, 2.45) is 5.41 Å². The fourth-order valence-corrected chi connectivity index (χ4v) is 3.27. The first kappa shape index (κ1) is 17.4. The predicted octanol–water partition coefficient (Wildman–Crippen LogP) is 2.00. The van der Waals surface area contributed by atoms with Crippen LogP contribution in [0.3, 0.4) is 0 Å². The van der Waals surface area contributed by atoms with Gasteiger partial charge in [-0.25, -0.2) is 0 Å². The van der Waals surface area contributed by atoms with Gasteiger partial charge in [0.05, 0.1) is 5.41 Å². The van der Waals surface area contributed by atoms with E-state index in [4.69, 9.17) is 0 Å². The first-order valence-electron chi connectivity index (χ1n) is 8.32. The number of piperidine rings is 1. The molecule has 1 amide bonds. The van der Waals surface area contributed by atoms with E-state index in [0.29, 0.717) is 0 Å². The Kier molecular flexibility index (Phi) is 7.52. The molecule has 0 aromatic rings. The second-order valence-electron chi connectivity index (χ2n) is 6.14. The van der Waals surface area contributed by atoms with E-state index in [9.17, 15) is 4.79 Å². The van der Waals surface area contributed by atoms with Crippen LogP contribution in [0.4, 0.5) is 0 Å². The van der Waals surface area contributed by atoms with Gasteiger partial charge in [-0.15, -0.1) is 0 Å². The van der Waals surface area contributed by atoms with Gasteiger partial charge in [-0.1, -0.05) is 27.2 Å². The number of likely N-dealkylation sites (N-methyl/N-ethyl adjacent to an activating group) is 1.